The first-order valence-electron chi connectivity index (χ1n) is 7.50. The number of hydrogen-bond donors (Lipinski definition) is 0. The molecule has 1 atom stereocenters. The van der Waals surface area contributed by atoms with Crippen LogP contribution >= 0.6 is 11.8 Å². The lowest BCUT2D eigenvalue weighted by atomic mass is 10.2. The predicted molar refractivity (Wildman–Crippen MR) is 88.6 cm³/mol. The number of rotatable bonds is 2. The Morgan fingerprint density at radius 2 is 1.91 bits per heavy atom. The summed E-state index contributed by atoms with van der Waals surface area (Å²) in [5, 5.41) is 0. The first-order chi connectivity index (χ1) is 11.1. The number of anilines is 1. The van der Waals surface area contributed by atoms with E-state index in [1.807, 2.05) is 43.3 Å². The molecule has 2 aromatic rings. The molecule has 2 aliphatic heterocycles. The summed E-state index contributed by atoms with van der Waals surface area (Å²) in [6.07, 6.45) is 0.834. The lowest BCUT2D eigenvalue weighted by Crippen LogP contribution is -2.48. The van der Waals surface area contributed by atoms with Crippen molar-refractivity contribution in [2.45, 2.75) is 29.5 Å². The minimum absolute atomic E-state index is 0.0247. The first-order valence-corrected chi connectivity index (χ1v) is 8.32. The maximum Gasteiger partial charge on any atom is 0.348 e. The Morgan fingerprint density at radius 3 is 2.70 bits per heavy atom. The highest BCUT2D eigenvalue weighted by Crippen LogP contribution is 2.56. The Balaban J connectivity index is 1.68. The molecule has 0 radical (unpaired) electrons. The van der Waals surface area contributed by atoms with E-state index < -0.39 is 4.87 Å². The Bertz CT molecular complexity index is 802. The van der Waals surface area contributed by atoms with Gasteiger partial charge in [0, 0.05) is 17.7 Å². The van der Waals surface area contributed by atoms with Crippen LogP contribution in [0.4, 0.5) is 5.69 Å². The van der Waals surface area contributed by atoms with Gasteiger partial charge in [0.05, 0.1) is 5.69 Å². The number of thioether (sulfide) groups is 1. The number of aryl methyl sites for hydroxylation is 1. The summed E-state index contributed by atoms with van der Waals surface area (Å²) >= 11 is 1.42. The molecule has 1 unspecified atom stereocenters. The van der Waals surface area contributed by atoms with Gasteiger partial charge in [-0.2, -0.15) is 0 Å². The van der Waals surface area contributed by atoms with Crippen LogP contribution in [-0.2, 0) is 9.59 Å². The van der Waals surface area contributed by atoms with E-state index >= 15 is 0 Å². The van der Waals surface area contributed by atoms with Gasteiger partial charge in [0.25, 0.3) is 0 Å². The molecule has 2 aromatic carbocycles. The lowest BCUT2D eigenvalue weighted by molar-refractivity contribution is -0.137. The number of carbonyl (C=O) groups excluding carboxylic acids is 2. The van der Waals surface area contributed by atoms with E-state index in [1.165, 1.54) is 11.8 Å². The van der Waals surface area contributed by atoms with E-state index in [-0.39, 0.29) is 11.9 Å². The Labute approximate surface area is 138 Å². The monoisotopic (exact) mass is 325 g/mol. The summed E-state index contributed by atoms with van der Waals surface area (Å²) < 4.78 is 5.58. The summed E-state index contributed by atoms with van der Waals surface area (Å²) in [4.78, 5) is 26.8. The molecule has 1 fully saturated rings. The van der Waals surface area contributed by atoms with Gasteiger partial charge in [-0.1, -0.05) is 41.6 Å². The molecular weight excluding hydrogens is 310 g/mol. The third kappa shape index (κ3) is 2.15. The zero-order valence-electron chi connectivity index (χ0n) is 12.6. The standard InChI is InChI=1S/C18H15NO3S/c1-12-6-8-13(9-7-12)22-17(21)18-11-10-16(20)19(18)14-4-2-3-5-15(14)23-18/h2-9H,10-11H2,1H3. The zero-order valence-corrected chi connectivity index (χ0v) is 13.4. The van der Waals surface area contributed by atoms with E-state index in [1.54, 1.807) is 17.0 Å². The molecule has 4 nitrogen and oxygen atoms in total. The molecule has 0 N–H and O–H groups in total. The van der Waals surface area contributed by atoms with Crippen LogP contribution in [0.1, 0.15) is 18.4 Å². The van der Waals surface area contributed by atoms with Crippen molar-refractivity contribution < 1.29 is 14.3 Å². The fraction of sp³-hybridized carbons (Fsp3) is 0.222. The number of benzene rings is 2. The minimum Gasteiger partial charge on any atom is -0.424 e. The van der Waals surface area contributed by atoms with Gasteiger partial charge in [0.15, 0.2) is 4.87 Å². The van der Waals surface area contributed by atoms with E-state index in [0.29, 0.717) is 18.6 Å². The van der Waals surface area contributed by atoms with Crippen molar-refractivity contribution in [3.63, 3.8) is 0 Å². The van der Waals surface area contributed by atoms with Gasteiger partial charge in [-0.15, -0.1) is 0 Å². The second kappa shape index (κ2) is 5.13. The maximum atomic E-state index is 12.9. The van der Waals surface area contributed by atoms with Crippen LogP contribution in [0.3, 0.4) is 0 Å². The fourth-order valence-corrected chi connectivity index (χ4v) is 4.46. The number of fused-ring (bicyclic) bond motifs is 3. The number of esters is 1. The van der Waals surface area contributed by atoms with Gasteiger partial charge in [-0.25, -0.2) is 4.79 Å². The predicted octanol–water partition coefficient (Wildman–Crippen LogP) is 3.53. The van der Waals surface area contributed by atoms with Gasteiger partial charge in [-0.05, 0) is 31.2 Å². The molecule has 0 saturated carbocycles. The molecule has 23 heavy (non-hydrogen) atoms. The number of para-hydroxylation sites is 1. The minimum atomic E-state index is -0.967. The lowest BCUT2D eigenvalue weighted by Gasteiger charge is -2.28. The second-order valence-electron chi connectivity index (χ2n) is 5.79. The fourth-order valence-electron chi connectivity index (χ4n) is 3.07. The van der Waals surface area contributed by atoms with Crippen molar-refractivity contribution >= 4 is 29.3 Å². The molecule has 5 heteroatoms. The van der Waals surface area contributed by atoms with Gasteiger partial charge < -0.3 is 4.74 Å². The Morgan fingerprint density at radius 1 is 1.17 bits per heavy atom. The highest BCUT2D eigenvalue weighted by Gasteiger charge is 2.58. The highest BCUT2D eigenvalue weighted by atomic mass is 32.2. The third-order valence-corrected chi connectivity index (χ3v) is 5.68. The summed E-state index contributed by atoms with van der Waals surface area (Å²) in [5.74, 6) is 0.0996. The molecule has 0 bridgehead atoms. The number of nitrogens with zero attached hydrogens (tertiary/aromatic N) is 1. The van der Waals surface area contributed by atoms with Gasteiger partial charge >= 0.3 is 5.97 Å². The van der Waals surface area contributed by atoms with E-state index in [2.05, 4.69) is 0 Å². The normalized spacial score (nSPS) is 22.0. The largest absolute Gasteiger partial charge is 0.424 e. The van der Waals surface area contributed by atoms with Crippen molar-refractivity contribution in [2.75, 3.05) is 4.90 Å². The zero-order chi connectivity index (χ0) is 16.0. The smallest absolute Gasteiger partial charge is 0.348 e. The van der Waals surface area contributed by atoms with Crippen LogP contribution in [-0.4, -0.2) is 16.7 Å². The third-order valence-electron chi connectivity index (χ3n) is 4.22. The highest BCUT2D eigenvalue weighted by molar-refractivity contribution is 8.02. The van der Waals surface area contributed by atoms with Crippen molar-refractivity contribution in [3.8, 4) is 5.75 Å². The van der Waals surface area contributed by atoms with Crippen molar-refractivity contribution in [2.24, 2.45) is 0 Å². The number of hydrogen-bond acceptors (Lipinski definition) is 4. The van der Waals surface area contributed by atoms with Crippen LogP contribution in [0.15, 0.2) is 53.4 Å². The molecule has 1 saturated heterocycles. The molecule has 2 heterocycles. The van der Waals surface area contributed by atoms with Gasteiger partial charge in [0.2, 0.25) is 5.91 Å². The van der Waals surface area contributed by atoms with Crippen LogP contribution in [0.5, 0.6) is 5.75 Å². The average Bonchev–Trinajstić information content (AvgIpc) is 3.06. The quantitative estimate of drug-likeness (QED) is 0.626. The topological polar surface area (TPSA) is 46.6 Å². The number of amides is 1. The number of ether oxygens (including phenoxy) is 1. The molecule has 116 valence electrons. The van der Waals surface area contributed by atoms with Crippen LogP contribution in [0.2, 0.25) is 0 Å². The van der Waals surface area contributed by atoms with E-state index in [9.17, 15) is 9.59 Å². The Hall–Kier alpha value is -2.27. The van der Waals surface area contributed by atoms with Crippen LogP contribution in [0, 0.1) is 6.92 Å². The summed E-state index contributed by atoms with van der Waals surface area (Å²) in [5.41, 5.74) is 1.91. The van der Waals surface area contributed by atoms with Crippen molar-refractivity contribution in [1.82, 2.24) is 0 Å². The van der Waals surface area contributed by atoms with E-state index in [4.69, 9.17) is 4.74 Å². The van der Waals surface area contributed by atoms with Crippen molar-refractivity contribution in [1.29, 1.82) is 0 Å². The molecule has 0 aromatic heterocycles. The maximum absolute atomic E-state index is 12.9. The molecule has 4 rings (SSSR count). The molecule has 0 aliphatic carbocycles. The summed E-state index contributed by atoms with van der Waals surface area (Å²) in [6.45, 7) is 1.98. The van der Waals surface area contributed by atoms with Crippen LogP contribution in [0.25, 0.3) is 0 Å². The van der Waals surface area contributed by atoms with Gasteiger partial charge in [0.1, 0.15) is 5.75 Å². The van der Waals surface area contributed by atoms with Crippen LogP contribution < -0.4 is 9.64 Å². The second-order valence-corrected chi connectivity index (χ2v) is 7.11. The molecular formula is C18H15NO3S. The van der Waals surface area contributed by atoms with Crippen molar-refractivity contribution in [3.05, 3.63) is 54.1 Å². The first kappa shape index (κ1) is 14.3. The molecule has 1 amide bonds. The van der Waals surface area contributed by atoms with E-state index in [0.717, 1.165) is 16.1 Å². The molecule has 2 aliphatic rings. The number of carbonyl (C=O) groups is 2. The van der Waals surface area contributed by atoms with Gasteiger partial charge in [-0.3, -0.25) is 9.69 Å². The summed E-state index contributed by atoms with van der Waals surface area (Å²) in [7, 11) is 0. The Kier molecular flexibility index (Phi) is 3.20. The molecule has 0 spiro atoms. The summed E-state index contributed by atoms with van der Waals surface area (Å²) in [6, 6.07) is 15.0. The SMILES string of the molecule is Cc1ccc(OC(=O)C23CCC(=O)N2c2ccccc2S3)cc1. The average molecular weight is 325 g/mol.